The summed E-state index contributed by atoms with van der Waals surface area (Å²) in [5.41, 5.74) is 5.53. The molecular weight excluding hydrogens is 128 g/mol. The lowest BCUT2D eigenvalue weighted by molar-refractivity contribution is 0.292. The highest BCUT2D eigenvalue weighted by molar-refractivity contribution is 4.54. The molecule has 0 spiro atoms. The van der Waals surface area contributed by atoms with Crippen LogP contribution in [0.5, 0.6) is 0 Å². The average Bonchev–Trinajstić information content (AvgIpc) is 1.87. The summed E-state index contributed by atoms with van der Waals surface area (Å²) in [6, 6.07) is 0.302. The molecule has 1 unspecified atom stereocenters. The Bertz CT molecular complexity index is 66.6. The first-order valence-electron chi connectivity index (χ1n) is 3.84. The third kappa shape index (κ3) is 7.88. The van der Waals surface area contributed by atoms with E-state index in [2.05, 4.69) is 5.32 Å². The normalized spacial score (nSPS) is 13.5. The second kappa shape index (κ2) is 6.99. The quantitative estimate of drug-likeness (QED) is 0.451. The molecule has 0 aliphatic rings. The first kappa shape index (κ1) is 9.88. The number of aliphatic hydroxyl groups is 1. The minimum absolute atomic E-state index is 0.220. The van der Waals surface area contributed by atoms with E-state index >= 15 is 0 Å². The van der Waals surface area contributed by atoms with Gasteiger partial charge in [0.25, 0.3) is 0 Å². The summed E-state index contributed by atoms with van der Waals surface area (Å²) in [6.07, 6.45) is 2.15. The highest BCUT2D eigenvalue weighted by Gasteiger charge is 1.92. The van der Waals surface area contributed by atoms with Gasteiger partial charge in [0.2, 0.25) is 0 Å². The lowest BCUT2D eigenvalue weighted by Crippen LogP contribution is -2.22. The summed E-state index contributed by atoms with van der Waals surface area (Å²) in [6.45, 7) is 3.88. The Morgan fingerprint density at radius 1 is 1.50 bits per heavy atom. The van der Waals surface area contributed by atoms with Crippen molar-refractivity contribution in [1.29, 1.82) is 0 Å². The maximum absolute atomic E-state index is 8.39. The number of hydrogen-bond acceptors (Lipinski definition) is 3. The van der Waals surface area contributed by atoms with E-state index in [1.165, 1.54) is 0 Å². The maximum atomic E-state index is 8.39. The Labute approximate surface area is 62.6 Å². The van der Waals surface area contributed by atoms with Crippen LogP contribution in [0.4, 0.5) is 0 Å². The van der Waals surface area contributed by atoms with Crippen molar-refractivity contribution in [2.45, 2.75) is 25.8 Å². The lowest BCUT2D eigenvalue weighted by Gasteiger charge is -2.04. The van der Waals surface area contributed by atoms with Gasteiger partial charge in [-0.15, -0.1) is 0 Å². The van der Waals surface area contributed by atoms with Crippen LogP contribution in [-0.4, -0.2) is 30.8 Å². The van der Waals surface area contributed by atoms with E-state index in [0.717, 1.165) is 19.4 Å². The number of rotatable bonds is 6. The fraction of sp³-hybridized carbons (Fsp3) is 1.00. The van der Waals surface area contributed by atoms with E-state index in [4.69, 9.17) is 10.8 Å². The lowest BCUT2D eigenvalue weighted by atomic mass is 10.2. The molecule has 0 aromatic rings. The summed E-state index contributed by atoms with van der Waals surface area (Å²) in [5.74, 6) is 0. The van der Waals surface area contributed by atoms with E-state index in [1.54, 1.807) is 0 Å². The molecule has 0 heterocycles. The average molecular weight is 146 g/mol. The van der Waals surface area contributed by atoms with Crippen molar-refractivity contribution in [3.63, 3.8) is 0 Å². The Morgan fingerprint density at radius 3 is 2.70 bits per heavy atom. The van der Waals surface area contributed by atoms with Crippen LogP contribution in [0.2, 0.25) is 0 Å². The zero-order chi connectivity index (χ0) is 7.82. The Kier molecular flexibility index (Phi) is 6.91. The molecule has 1 atom stereocenters. The molecule has 0 fully saturated rings. The van der Waals surface area contributed by atoms with Gasteiger partial charge in [-0.2, -0.15) is 0 Å². The van der Waals surface area contributed by atoms with Gasteiger partial charge in [-0.25, -0.2) is 0 Å². The molecule has 4 N–H and O–H groups in total. The van der Waals surface area contributed by atoms with Crippen LogP contribution in [-0.2, 0) is 0 Å². The molecule has 62 valence electrons. The van der Waals surface area contributed by atoms with Gasteiger partial charge in [0, 0.05) is 12.6 Å². The number of nitrogens with one attached hydrogen (secondary N) is 1. The molecule has 0 saturated heterocycles. The van der Waals surface area contributed by atoms with Crippen LogP contribution in [0.1, 0.15) is 19.8 Å². The van der Waals surface area contributed by atoms with Crippen molar-refractivity contribution in [2.75, 3.05) is 19.7 Å². The molecule has 3 heteroatoms. The standard InChI is InChI=1S/C7H18N2O/c1-7(8)3-2-4-9-5-6-10/h7,9-10H,2-6,8H2,1H3. The monoisotopic (exact) mass is 146 g/mol. The SMILES string of the molecule is CC(N)CCCNCCO. The largest absolute Gasteiger partial charge is 0.395 e. The number of nitrogens with two attached hydrogens (primary N) is 1. The minimum Gasteiger partial charge on any atom is -0.395 e. The maximum Gasteiger partial charge on any atom is 0.0555 e. The highest BCUT2D eigenvalue weighted by atomic mass is 16.3. The van der Waals surface area contributed by atoms with Crippen LogP contribution < -0.4 is 11.1 Å². The van der Waals surface area contributed by atoms with Crippen molar-refractivity contribution in [3.05, 3.63) is 0 Å². The van der Waals surface area contributed by atoms with Crippen molar-refractivity contribution in [3.8, 4) is 0 Å². The Hall–Kier alpha value is -0.120. The number of aliphatic hydroxyl groups excluding tert-OH is 1. The van der Waals surface area contributed by atoms with Crippen molar-refractivity contribution in [2.24, 2.45) is 5.73 Å². The zero-order valence-corrected chi connectivity index (χ0v) is 6.64. The molecule has 3 nitrogen and oxygen atoms in total. The van der Waals surface area contributed by atoms with Crippen LogP contribution in [0.15, 0.2) is 0 Å². The van der Waals surface area contributed by atoms with E-state index in [-0.39, 0.29) is 6.61 Å². The van der Waals surface area contributed by atoms with Crippen molar-refractivity contribution >= 4 is 0 Å². The topological polar surface area (TPSA) is 58.3 Å². The van der Waals surface area contributed by atoms with Crippen LogP contribution >= 0.6 is 0 Å². The molecule has 0 rings (SSSR count). The fourth-order valence-electron chi connectivity index (χ4n) is 0.753. The number of hydrogen-bond donors (Lipinski definition) is 3. The van der Waals surface area contributed by atoms with Gasteiger partial charge in [-0.05, 0) is 26.3 Å². The third-order valence-corrected chi connectivity index (χ3v) is 1.30. The van der Waals surface area contributed by atoms with E-state index in [1.807, 2.05) is 6.92 Å². The highest BCUT2D eigenvalue weighted by Crippen LogP contribution is 1.89. The van der Waals surface area contributed by atoms with Gasteiger partial charge in [0.15, 0.2) is 0 Å². The molecule has 0 saturated carbocycles. The Morgan fingerprint density at radius 2 is 2.20 bits per heavy atom. The molecule has 0 aliphatic carbocycles. The van der Waals surface area contributed by atoms with Crippen LogP contribution in [0, 0.1) is 0 Å². The molecule has 0 aromatic carbocycles. The second-order valence-corrected chi connectivity index (χ2v) is 2.59. The van der Waals surface area contributed by atoms with Crippen molar-refractivity contribution < 1.29 is 5.11 Å². The second-order valence-electron chi connectivity index (χ2n) is 2.59. The summed E-state index contributed by atoms with van der Waals surface area (Å²) in [7, 11) is 0. The van der Waals surface area contributed by atoms with Gasteiger partial charge >= 0.3 is 0 Å². The van der Waals surface area contributed by atoms with E-state index in [9.17, 15) is 0 Å². The molecule has 0 radical (unpaired) electrons. The summed E-state index contributed by atoms with van der Waals surface area (Å²) < 4.78 is 0. The van der Waals surface area contributed by atoms with E-state index < -0.39 is 0 Å². The first-order valence-corrected chi connectivity index (χ1v) is 3.84. The summed E-state index contributed by atoms with van der Waals surface area (Å²) in [4.78, 5) is 0. The predicted octanol–water partition coefficient (Wildman–Crippen LogP) is -0.304. The first-order chi connectivity index (χ1) is 4.77. The summed E-state index contributed by atoms with van der Waals surface area (Å²) >= 11 is 0. The van der Waals surface area contributed by atoms with Gasteiger partial charge in [-0.1, -0.05) is 0 Å². The predicted molar refractivity (Wildman–Crippen MR) is 42.8 cm³/mol. The van der Waals surface area contributed by atoms with Gasteiger partial charge in [0.05, 0.1) is 6.61 Å². The fourth-order valence-corrected chi connectivity index (χ4v) is 0.753. The van der Waals surface area contributed by atoms with E-state index in [0.29, 0.717) is 12.6 Å². The smallest absolute Gasteiger partial charge is 0.0555 e. The molecular formula is C7H18N2O. The van der Waals surface area contributed by atoms with Crippen LogP contribution in [0.3, 0.4) is 0 Å². The molecule has 0 aliphatic heterocycles. The molecule has 10 heavy (non-hydrogen) atoms. The van der Waals surface area contributed by atoms with Gasteiger partial charge in [-0.3, -0.25) is 0 Å². The minimum atomic E-state index is 0.220. The van der Waals surface area contributed by atoms with Gasteiger partial charge < -0.3 is 16.2 Å². The Balaban J connectivity index is 2.77. The molecule has 0 bridgehead atoms. The molecule has 0 aromatic heterocycles. The summed E-state index contributed by atoms with van der Waals surface area (Å²) in [5, 5.41) is 11.5. The third-order valence-electron chi connectivity index (χ3n) is 1.30. The van der Waals surface area contributed by atoms with Gasteiger partial charge in [0.1, 0.15) is 0 Å². The molecule has 0 amide bonds. The zero-order valence-electron chi connectivity index (χ0n) is 6.64. The van der Waals surface area contributed by atoms with Crippen LogP contribution in [0.25, 0.3) is 0 Å². The van der Waals surface area contributed by atoms with Crippen molar-refractivity contribution in [1.82, 2.24) is 5.32 Å².